The highest BCUT2D eigenvalue weighted by atomic mass is 32.2. The van der Waals surface area contributed by atoms with Gasteiger partial charge in [-0.2, -0.15) is 0 Å². The average molecular weight is 312 g/mol. The number of thioether (sulfide) groups is 1. The van der Waals surface area contributed by atoms with Crippen molar-refractivity contribution in [1.82, 2.24) is 4.72 Å². The number of anilines is 1. The van der Waals surface area contributed by atoms with Crippen LogP contribution in [0.5, 0.6) is 0 Å². The Morgan fingerprint density at radius 3 is 2.60 bits per heavy atom. The number of nitrogens with two attached hydrogens (primary N) is 1. The van der Waals surface area contributed by atoms with Gasteiger partial charge in [0.1, 0.15) is 0 Å². The van der Waals surface area contributed by atoms with Gasteiger partial charge in [-0.05, 0) is 37.1 Å². The second-order valence-corrected chi connectivity index (χ2v) is 7.39. The molecular weight excluding hydrogens is 292 g/mol. The molecule has 3 N–H and O–H groups in total. The average Bonchev–Trinajstić information content (AvgIpc) is 2.40. The van der Waals surface area contributed by atoms with E-state index in [1.54, 1.807) is 12.1 Å². The minimum Gasteiger partial charge on any atom is -0.399 e. The highest BCUT2D eigenvalue weighted by molar-refractivity contribution is 8.00. The number of terminal acetylenes is 1. The summed E-state index contributed by atoms with van der Waals surface area (Å²) >= 11 is 1.50. The molecule has 0 radical (unpaired) electrons. The van der Waals surface area contributed by atoms with E-state index in [1.807, 2.05) is 12.1 Å². The second kappa shape index (κ2) is 8.90. The van der Waals surface area contributed by atoms with Gasteiger partial charge in [-0.25, -0.2) is 13.1 Å². The fourth-order valence-corrected chi connectivity index (χ4v) is 3.86. The van der Waals surface area contributed by atoms with Gasteiger partial charge in [0.15, 0.2) is 0 Å². The number of unbranched alkanes of at least 4 members (excludes halogenated alkanes) is 2. The molecule has 0 heterocycles. The van der Waals surface area contributed by atoms with Gasteiger partial charge in [-0.15, -0.1) is 24.1 Å². The Hall–Kier alpha value is -1.16. The van der Waals surface area contributed by atoms with Gasteiger partial charge in [-0.3, -0.25) is 0 Å². The first-order valence-corrected chi connectivity index (χ1v) is 9.06. The Balaban J connectivity index is 2.22. The van der Waals surface area contributed by atoms with Gasteiger partial charge in [0, 0.05) is 29.3 Å². The van der Waals surface area contributed by atoms with Crippen LogP contribution in [0.25, 0.3) is 0 Å². The topological polar surface area (TPSA) is 72.2 Å². The van der Waals surface area contributed by atoms with Gasteiger partial charge >= 0.3 is 0 Å². The van der Waals surface area contributed by atoms with Crippen molar-refractivity contribution in [1.29, 1.82) is 0 Å². The molecule has 0 saturated carbocycles. The molecule has 1 aromatic rings. The van der Waals surface area contributed by atoms with Crippen molar-refractivity contribution in [3.05, 3.63) is 24.3 Å². The second-order valence-electron chi connectivity index (χ2n) is 4.29. The Labute approximate surface area is 125 Å². The molecule has 110 valence electrons. The van der Waals surface area contributed by atoms with Crippen LogP contribution in [0, 0.1) is 12.3 Å². The summed E-state index contributed by atoms with van der Waals surface area (Å²) in [5.74, 6) is 3.16. The van der Waals surface area contributed by atoms with Crippen molar-refractivity contribution in [2.75, 3.05) is 23.8 Å². The molecule has 0 atom stereocenters. The quantitative estimate of drug-likeness (QED) is 0.317. The highest BCUT2D eigenvalue weighted by Gasteiger charge is 2.09. The van der Waals surface area contributed by atoms with Crippen molar-refractivity contribution in [3.63, 3.8) is 0 Å². The number of sulfonamides is 1. The SMILES string of the molecule is C#CCCCCNS(=O)(=O)CCSc1ccc(N)cc1. The van der Waals surface area contributed by atoms with Crippen molar-refractivity contribution < 1.29 is 8.42 Å². The molecule has 0 aliphatic heterocycles. The van der Waals surface area contributed by atoms with Gasteiger partial charge in [0.25, 0.3) is 0 Å². The molecule has 0 unspecified atom stereocenters. The molecule has 0 aliphatic carbocycles. The van der Waals surface area contributed by atoms with E-state index in [0.29, 0.717) is 24.4 Å². The number of benzene rings is 1. The molecule has 0 aromatic heterocycles. The summed E-state index contributed by atoms with van der Waals surface area (Å²) in [4.78, 5) is 1.02. The van der Waals surface area contributed by atoms with Crippen LogP contribution in [0.4, 0.5) is 5.69 Å². The van der Waals surface area contributed by atoms with Crippen molar-refractivity contribution in [2.24, 2.45) is 0 Å². The van der Waals surface area contributed by atoms with E-state index in [1.165, 1.54) is 11.8 Å². The summed E-state index contributed by atoms with van der Waals surface area (Å²) in [6, 6.07) is 7.39. The summed E-state index contributed by atoms with van der Waals surface area (Å²) in [5.41, 5.74) is 6.29. The van der Waals surface area contributed by atoms with E-state index in [-0.39, 0.29) is 5.75 Å². The molecule has 0 amide bonds. The van der Waals surface area contributed by atoms with E-state index in [4.69, 9.17) is 12.2 Å². The third kappa shape index (κ3) is 7.43. The predicted octanol–water partition coefficient (Wildman–Crippen LogP) is 2.08. The Morgan fingerprint density at radius 2 is 1.95 bits per heavy atom. The number of nitrogen functional groups attached to an aromatic ring is 1. The van der Waals surface area contributed by atoms with Gasteiger partial charge < -0.3 is 5.73 Å². The fraction of sp³-hybridized carbons (Fsp3) is 0.429. The maximum atomic E-state index is 11.7. The maximum absolute atomic E-state index is 11.7. The first-order chi connectivity index (χ1) is 9.53. The normalized spacial score (nSPS) is 11.2. The van der Waals surface area contributed by atoms with Crippen molar-refractivity contribution >= 4 is 27.5 Å². The fourth-order valence-electron chi connectivity index (χ4n) is 1.49. The minimum atomic E-state index is -3.19. The number of hydrogen-bond donors (Lipinski definition) is 2. The Kier molecular flexibility index (Phi) is 7.52. The zero-order valence-corrected chi connectivity index (χ0v) is 13.0. The lowest BCUT2D eigenvalue weighted by Gasteiger charge is -2.06. The predicted molar refractivity (Wildman–Crippen MR) is 86.1 cm³/mol. The van der Waals surface area contributed by atoms with E-state index >= 15 is 0 Å². The molecule has 6 heteroatoms. The zero-order valence-electron chi connectivity index (χ0n) is 11.3. The smallest absolute Gasteiger partial charge is 0.212 e. The van der Waals surface area contributed by atoms with Crippen LogP contribution in [0.1, 0.15) is 19.3 Å². The largest absolute Gasteiger partial charge is 0.399 e. The van der Waals surface area contributed by atoms with Crippen LogP contribution in [-0.4, -0.2) is 26.5 Å². The molecule has 0 spiro atoms. The highest BCUT2D eigenvalue weighted by Crippen LogP contribution is 2.19. The van der Waals surface area contributed by atoms with E-state index in [2.05, 4.69) is 10.6 Å². The lowest BCUT2D eigenvalue weighted by Crippen LogP contribution is -2.28. The maximum Gasteiger partial charge on any atom is 0.212 e. The molecule has 0 saturated heterocycles. The van der Waals surface area contributed by atoms with Crippen LogP contribution in [0.15, 0.2) is 29.2 Å². The summed E-state index contributed by atoms with van der Waals surface area (Å²) < 4.78 is 26.0. The first kappa shape index (κ1) is 16.9. The standard InChI is InChI=1S/C14H20N2O2S2/c1-2-3-4-5-10-16-20(17,18)12-11-19-14-8-6-13(15)7-9-14/h1,6-9,16H,3-5,10-12,15H2. The molecule has 0 aliphatic rings. The van der Waals surface area contributed by atoms with E-state index < -0.39 is 10.0 Å². The summed E-state index contributed by atoms with van der Waals surface area (Å²) in [6.07, 6.45) is 7.44. The lowest BCUT2D eigenvalue weighted by molar-refractivity contribution is 0.579. The number of rotatable bonds is 9. The molecular formula is C14H20N2O2S2. The first-order valence-electron chi connectivity index (χ1n) is 6.42. The van der Waals surface area contributed by atoms with E-state index in [0.717, 1.165) is 17.7 Å². The summed E-state index contributed by atoms with van der Waals surface area (Å²) in [5, 5.41) is 0. The van der Waals surface area contributed by atoms with Gasteiger partial charge in [0.2, 0.25) is 10.0 Å². The van der Waals surface area contributed by atoms with Crippen LogP contribution in [-0.2, 0) is 10.0 Å². The van der Waals surface area contributed by atoms with Crippen LogP contribution in [0.3, 0.4) is 0 Å². The minimum absolute atomic E-state index is 0.108. The zero-order chi connectivity index (χ0) is 14.8. The molecule has 4 nitrogen and oxygen atoms in total. The van der Waals surface area contributed by atoms with Crippen LogP contribution < -0.4 is 10.5 Å². The number of nitrogens with one attached hydrogen (secondary N) is 1. The van der Waals surface area contributed by atoms with Gasteiger partial charge in [-0.1, -0.05) is 0 Å². The van der Waals surface area contributed by atoms with Crippen molar-refractivity contribution in [2.45, 2.75) is 24.2 Å². The summed E-state index contributed by atoms with van der Waals surface area (Å²) in [7, 11) is -3.19. The van der Waals surface area contributed by atoms with Crippen LogP contribution in [0.2, 0.25) is 0 Å². The van der Waals surface area contributed by atoms with Crippen LogP contribution >= 0.6 is 11.8 Å². The monoisotopic (exact) mass is 312 g/mol. The van der Waals surface area contributed by atoms with Gasteiger partial charge in [0.05, 0.1) is 5.75 Å². The third-order valence-corrected chi connectivity index (χ3v) is 5.23. The Morgan fingerprint density at radius 1 is 1.25 bits per heavy atom. The third-order valence-electron chi connectivity index (χ3n) is 2.57. The molecule has 0 fully saturated rings. The summed E-state index contributed by atoms with van der Waals surface area (Å²) in [6.45, 7) is 0.455. The van der Waals surface area contributed by atoms with Crippen molar-refractivity contribution in [3.8, 4) is 12.3 Å². The van der Waals surface area contributed by atoms with E-state index in [9.17, 15) is 8.42 Å². The molecule has 0 bridgehead atoms. The Bertz CT molecular complexity index is 533. The molecule has 20 heavy (non-hydrogen) atoms. The number of hydrogen-bond acceptors (Lipinski definition) is 4. The lowest BCUT2D eigenvalue weighted by atomic mass is 10.2. The molecule has 1 rings (SSSR count). The molecule has 1 aromatic carbocycles.